The van der Waals surface area contributed by atoms with Crippen LogP contribution in [0.5, 0.6) is 0 Å². The van der Waals surface area contributed by atoms with Gasteiger partial charge < -0.3 is 10.6 Å². The molecule has 0 aliphatic carbocycles. The molecule has 0 radical (unpaired) electrons. The van der Waals surface area contributed by atoms with Crippen molar-refractivity contribution in [3.8, 4) is 0 Å². The maximum atomic E-state index is 11.9. The van der Waals surface area contributed by atoms with Crippen LogP contribution in [-0.2, 0) is 14.6 Å². The molecule has 0 aromatic carbocycles. The van der Waals surface area contributed by atoms with Gasteiger partial charge in [-0.15, -0.1) is 11.6 Å². The van der Waals surface area contributed by atoms with E-state index in [4.69, 9.17) is 11.6 Å². The largest absolute Gasteiger partial charge is 0.350 e. The molecular weight excluding hydrogens is 302 g/mol. The fourth-order valence-corrected chi connectivity index (χ4v) is 5.34. The smallest absolute Gasteiger partial charge is 0.234 e. The normalized spacial score (nSPS) is 32.6. The Bertz CT molecular complexity index is 451. The highest BCUT2D eigenvalue weighted by Gasteiger charge is 2.37. The number of carbonyl (C=O) groups is 1. The molecule has 2 N–H and O–H groups in total. The minimum absolute atomic E-state index is 0.0542. The number of nitrogens with zero attached hydrogens (tertiary/aromatic N) is 1. The minimum Gasteiger partial charge on any atom is -0.350 e. The van der Waals surface area contributed by atoms with E-state index < -0.39 is 21.3 Å². The van der Waals surface area contributed by atoms with Crippen molar-refractivity contribution in [3.05, 3.63) is 0 Å². The summed E-state index contributed by atoms with van der Waals surface area (Å²) >= 11 is 5.96. The van der Waals surface area contributed by atoms with Gasteiger partial charge in [0.05, 0.1) is 29.5 Å². The van der Waals surface area contributed by atoms with Crippen LogP contribution in [0.4, 0.5) is 0 Å². The average molecular weight is 324 g/mol. The highest BCUT2D eigenvalue weighted by Crippen LogP contribution is 2.17. The third kappa shape index (κ3) is 4.58. The summed E-state index contributed by atoms with van der Waals surface area (Å²) in [5.74, 6) is -0.277. The lowest BCUT2D eigenvalue weighted by atomic mass is 10.2. The first kappa shape index (κ1) is 16.0. The second-order valence-electron chi connectivity index (χ2n) is 5.76. The zero-order valence-electron chi connectivity index (χ0n) is 11.6. The van der Waals surface area contributed by atoms with Crippen molar-refractivity contribution >= 4 is 27.3 Å². The molecule has 6 nitrogen and oxygen atoms in total. The minimum atomic E-state index is -3.11. The van der Waals surface area contributed by atoms with Crippen LogP contribution in [0.25, 0.3) is 0 Å². The van der Waals surface area contributed by atoms with Crippen molar-refractivity contribution in [1.82, 2.24) is 15.5 Å². The van der Waals surface area contributed by atoms with E-state index in [0.717, 1.165) is 19.5 Å². The number of rotatable bonds is 5. The number of alkyl halides is 1. The molecular formula is C12H22ClN3O3S. The number of likely N-dealkylation sites (N-methyl/N-ethyl adjacent to an activating group) is 1. The van der Waals surface area contributed by atoms with Crippen molar-refractivity contribution in [1.29, 1.82) is 0 Å². The Labute approximate surface area is 125 Å². The molecule has 2 rings (SSSR count). The maximum Gasteiger partial charge on any atom is 0.234 e. The van der Waals surface area contributed by atoms with E-state index in [1.165, 1.54) is 6.42 Å². The molecule has 0 saturated carbocycles. The number of hydrogen-bond acceptors (Lipinski definition) is 5. The van der Waals surface area contributed by atoms with Gasteiger partial charge in [0.2, 0.25) is 5.91 Å². The SMILES string of the molecule is CN(CC(=O)NC1CS(=O)(=O)CC1Cl)CC1CCCN1. The molecule has 1 amide bonds. The summed E-state index contributed by atoms with van der Waals surface area (Å²) in [6.07, 6.45) is 2.31. The standard InChI is InChI=1S/C12H22ClN3O3S/c1-16(5-9-3-2-4-14-9)6-12(17)15-11-8-20(18,19)7-10(11)13/h9-11,14H,2-8H2,1H3,(H,15,17). The van der Waals surface area contributed by atoms with Gasteiger partial charge in [-0.05, 0) is 26.4 Å². The van der Waals surface area contributed by atoms with E-state index in [9.17, 15) is 13.2 Å². The summed E-state index contributed by atoms with van der Waals surface area (Å²) < 4.78 is 22.9. The molecule has 116 valence electrons. The molecule has 0 bridgehead atoms. The molecule has 20 heavy (non-hydrogen) atoms. The predicted molar refractivity (Wildman–Crippen MR) is 78.7 cm³/mol. The summed E-state index contributed by atoms with van der Waals surface area (Å²) in [4.78, 5) is 13.9. The zero-order chi connectivity index (χ0) is 14.8. The molecule has 2 heterocycles. The third-order valence-corrected chi connectivity index (χ3v) is 6.11. The van der Waals surface area contributed by atoms with Crippen LogP contribution in [0.2, 0.25) is 0 Å². The Morgan fingerprint density at radius 3 is 2.75 bits per heavy atom. The third-order valence-electron chi connectivity index (χ3n) is 3.74. The molecule has 2 aliphatic heterocycles. The highest BCUT2D eigenvalue weighted by atomic mass is 35.5. The summed E-state index contributed by atoms with van der Waals surface area (Å²) in [6, 6.07) is -0.0207. The molecule has 2 saturated heterocycles. The average Bonchev–Trinajstić information content (AvgIpc) is 2.86. The van der Waals surface area contributed by atoms with E-state index in [1.54, 1.807) is 0 Å². The predicted octanol–water partition coefficient (Wildman–Crippen LogP) is -0.809. The zero-order valence-corrected chi connectivity index (χ0v) is 13.2. The van der Waals surface area contributed by atoms with Crippen LogP contribution in [0.1, 0.15) is 12.8 Å². The fraction of sp³-hybridized carbons (Fsp3) is 0.917. The number of nitrogens with one attached hydrogen (secondary N) is 2. The van der Waals surface area contributed by atoms with E-state index in [0.29, 0.717) is 6.04 Å². The molecule has 2 fully saturated rings. The van der Waals surface area contributed by atoms with E-state index >= 15 is 0 Å². The van der Waals surface area contributed by atoms with Crippen LogP contribution in [-0.4, -0.2) is 74.9 Å². The van der Waals surface area contributed by atoms with E-state index in [1.807, 2.05) is 11.9 Å². The van der Waals surface area contributed by atoms with Gasteiger partial charge in [0.15, 0.2) is 9.84 Å². The lowest BCUT2D eigenvalue weighted by Crippen LogP contribution is -2.46. The highest BCUT2D eigenvalue weighted by molar-refractivity contribution is 7.91. The first-order valence-corrected chi connectivity index (χ1v) is 9.17. The number of hydrogen-bond donors (Lipinski definition) is 2. The summed E-state index contributed by atoms with van der Waals surface area (Å²) in [5, 5.41) is 5.58. The quantitative estimate of drug-likeness (QED) is 0.647. The van der Waals surface area contributed by atoms with Crippen LogP contribution in [0.3, 0.4) is 0 Å². The Hall–Kier alpha value is -0.370. The van der Waals surface area contributed by atoms with Gasteiger partial charge in [-0.2, -0.15) is 0 Å². The van der Waals surface area contributed by atoms with Crippen LogP contribution in [0.15, 0.2) is 0 Å². The van der Waals surface area contributed by atoms with E-state index in [-0.39, 0.29) is 24.0 Å². The van der Waals surface area contributed by atoms with Crippen molar-refractivity contribution in [2.24, 2.45) is 0 Å². The Balaban J connectivity index is 1.74. The summed E-state index contributed by atoms with van der Waals surface area (Å²) in [5.41, 5.74) is 0. The van der Waals surface area contributed by atoms with E-state index in [2.05, 4.69) is 10.6 Å². The first-order chi connectivity index (χ1) is 9.35. The maximum absolute atomic E-state index is 11.9. The van der Waals surface area contributed by atoms with Crippen LogP contribution >= 0.6 is 11.6 Å². The molecule has 3 atom stereocenters. The Morgan fingerprint density at radius 1 is 1.45 bits per heavy atom. The number of amides is 1. The molecule has 8 heteroatoms. The van der Waals surface area contributed by atoms with Crippen molar-refractivity contribution in [2.75, 3.05) is 38.2 Å². The lowest BCUT2D eigenvalue weighted by Gasteiger charge is -2.22. The van der Waals surface area contributed by atoms with Crippen LogP contribution in [0, 0.1) is 0 Å². The second-order valence-corrected chi connectivity index (χ2v) is 8.47. The summed E-state index contributed by atoms with van der Waals surface area (Å²) in [7, 11) is -1.22. The van der Waals surface area contributed by atoms with Crippen molar-refractivity contribution in [3.63, 3.8) is 0 Å². The monoisotopic (exact) mass is 323 g/mol. The number of sulfone groups is 1. The molecule has 2 aliphatic rings. The van der Waals surface area contributed by atoms with Gasteiger partial charge in [-0.25, -0.2) is 8.42 Å². The van der Waals surface area contributed by atoms with Gasteiger partial charge >= 0.3 is 0 Å². The summed E-state index contributed by atoms with van der Waals surface area (Å²) in [6.45, 7) is 2.12. The topological polar surface area (TPSA) is 78.5 Å². The first-order valence-electron chi connectivity index (χ1n) is 6.91. The molecule has 0 aromatic rings. The van der Waals surface area contributed by atoms with Gasteiger partial charge in [0.1, 0.15) is 0 Å². The van der Waals surface area contributed by atoms with Gasteiger partial charge in [0.25, 0.3) is 0 Å². The van der Waals surface area contributed by atoms with Crippen molar-refractivity contribution in [2.45, 2.75) is 30.3 Å². The number of carbonyl (C=O) groups excluding carboxylic acids is 1. The Kier molecular flexibility index (Phi) is 5.28. The molecule has 0 spiro atoms. The van der Waals surface area contributed by atoms with Gasteiger partial charge in [0, 0.05) is 12.6 Å². The molecule has 3 unspecified atom stereocenters. The molecule has 0 aromatic heterocycles. The Morgan fingerprint density at radius 2 is 2.20 bits per heavy atom. The van der Waals surface area contributed by atoms with Gasteiger partial charge in [-0.1, -0.05) is 0 Å². The van der Waals surface area contributed by atoms with Crippen molar-refractivity contribution < 1.29 is 13.2 Å². The van der Waals surface area contributed by atoms with Gasteiger partial charge in [-0.3, -0.25) is 9.69 Å². The second kappa shape index (κ2) is 6.60. The van der Waals surface area contributed by atoms with Crippen LogP contribution < -0.4 is 10.6 Å². The lowest BCUT2D eigenvalue weighted by molar-refractivity contribution is -0.122. The fourth-order valence-electron chi connectivity index (χ4n) is 2.79. The number of halogens is 1.